The summed E-state index contributed by atoms with van der Waals surface area (Å²) in [6.45, 7) is 1.62. The number of aliphatic hydroxyl groups excluding tert-OH is 1. The topological polar surface area (TPSA) is 73.8 Å². The first-order chi connectivity index (χ1) is 12.3. The van der Waals surface area contributed by atoms with E-state index in [1.54, 1.807) is 13.0 Å². The maximum absolute atomic E-state index is 13.3. The van der Waals surface area contributed by atoms with E-state index in [9.17, 15) is 18.3 Å². The summed E-state index contributed by atoms with van der Waals surface area (Å²) in [7, 11) is 0. The monoisotopic (exact) mass is 380 g/mol. The van der Waals surface area contributed by atoms with Crippen LogP contribution in [0, 0.1) is 6.92 Å². The van der Waals surface area contributed by atoms with Crippen molar-refractivity contribution in [3.63, 3.8) is 0 Å². The Morgan fingerprint density at radius 3 is 2.81 bits per heavy atom. The van der Waals surface area contributed by atoms with Gasteiger partial charge in [0.05, 0.1) is 35.4 Å². The highest BCUT2D eigenvalue weighted by Crippen LogP contribution is 2.36. The van der Waals surface area contributed by atoms with E-state index in [0.29, 0.717) is 21.9 Å². The van der Waals surface area contributed by atoms with Gasteiger partial charge in [-0.15, -0.1) is 0 Å². The summed E-state index contributed by atoms with van der Waals surface area (Å²) < 4.78 is 39.8. The molecule has 0 radical (unpaired) electrons. The molecule has 0 fully saturated rings. The maximum atomic E-state index is 13.3. The number of imidazole rings is 1. The van der Waals surface area contributed by atoms with Crippen LogP contribution in [-0.2, 0) is 6.18 Å². The molecular weight excluding hydrogens is 365 g/mol. The molecule has 3 rings (SSSR count). The molecule has 2 aromatic heterocycles. The number of hydrogen-bond acceptors (Lipinski definition) is 4. The number of pyridine rings is 1. The van der Waals surface area contributed by atoms with Gasteiger partial charge in [-0.05, 0) is 24.6 Å². The molecule has 0 aliphatic rings. The fourth-order valence-corrected chi connectivity index (χ4v) is 2.88. The van der Waals surface area contributed by atoms with Gasteiger partial charge >= 0.3 is 6.18 Å². The molecule has 0 spiro atoms. The van der Waals surface area contributed by atoms with Crippen molar-refractivity contribution in [2.75, 3.05) is 6.54 Å². The molecule has 0 aliphatic heterocycles. The van der Waals surface area contributed by atoms with Gasteiger partial charge in [0.25, 0.3) is 0 Å². The second-order valence-electron chi connectivity index (χ2n) is 5.74. The summed E-state index contributed by atoms with van der Waals surface area (Å²) in [5.41, 5.74) is 0.332. The Labute approximate surface area is 152 Å². The fraction of sp³-hybridized carbons (Fsp3) is 0.235. The number of rotatable bonds is 4. The Kier molecular flexibility index (Phi) is 4.92. The first-order valence-electron chi connectivity index (χ1n) is 7.69. The number of halogens is 3. The van der Waals surface area contributed by atoms with Crippen molar-refractivity contribution in [1.29, 1.82) is 0 Å². The predicted molar refractivity (Wildman–Crippen MR) is 94.7 cm³/mol. The minimum Gasteiger partial charge on any atom is -0.387 e. The number of aromatic nitrogens is 3. The highest BCUT2D eigenvalue weighted by molar-refractivity contribution is 7.80. The summed E-state index contributed by atoms with van der Waals surface area (Å²) in [6.07, 6.45) is -2.59. The van der Waals surface area contributed by atoms with Crippen molar-refractivity contribution in [2.24, 2.45) is 0 Å². The van der Waals surface area contributed by atoms with E-state index < -0.39 is 17.8 Å². The molecule has 1 unspecified atom stereocenters. The lowest BCUT2D eigenvalue weighted by atomic mass is 10.00. The summed E-state index contributed by atoms with van der Waals surface area (Å²) in [5, 5.41) is 13.7. The Balaban J connectivity index is 1.93. The maximum Gasteiger partial charge on any atom is 0.418 e. The Hall–Kier alpha value is -2.52. The lowest BCUT2D eigenvalue weighted by Gasteiger charge is -2.18. The van der Waals surface area contributed by atoms with Crippen LogP contribution < -0.4 is 5.32 Å². The van der Waals surface area contributed by atoms with Crippen LogP contribution in [0.5, 0.6) is 0 Å². The third-order valence-corrected chi connectivity index (χ3v) is 4.23. The number of alkyl halides is 3. The molecule has 136 valence electrons. The second kappa shape index (κ2) is 7.00. The normalized spacial score (nSPS) is 13.0. The molecule has 1 aromatic carbocycles. The number of aromatic amines is 1. The van der Waals surface area contributed by atoms with Gasteiger partial charge in [0.1, 0.15) is 4.99 Å². The molecule has 0 saturated carbocycles. The van der Waals surface area contributed by atoms with Crippen LogP contribution in [-0.4, -0.2) is 31.6 Å². The predicted octanol–water partition coefficient (Wildman–Crippen LogP) is 3.28. The van der Waals surface area contributed by atoms with Gasteiger partial charge in [-0.3, -0.25) is 4.98 Å². The number of benzene rings is 1. The number of thiocarbonyl (C=S) groups is 1. The SMILES string of the molecule is Cc1cc(C(O)CNC(=S)c2cnc[nH]2)c2cccc(C(F)(F)F)c2n1. The smallest absolute Gasteiger partial charge is 0.387 e. The second-order valence-corrected chi connectivity index (χ2v) is 6.15. The standard InChI is InChI=1S/C17H15F3N4OS/c1-9-5-11(14(25)7-22-16(26)13-6-21-8-23-13)10-3-2-4-12(15(10)24-9)17(18,19)20/h2-6,8,14,25H,7H2,1H3,(H,21,23)(H,22,26). The van der Waals surface area contributed by atoms with Gasteiger partial charge in [0.2, 0.25) is 0 Å². The van der Waals surface area contributed by atoms with Crippen molar-refractivity contribution >= 4 is 28.1 Å². The van der Waals surface area contributed by atoms with E-state index in [-0.39, 0.29) is 17.4 Å². The molecule has 2 heterocycles. The number of fused-ring (bicyclic) bond motifs is 1. The number of aryl methyl sites for hydroxylation is 1. The van der Waals surface area contributed by atoms with Crippen molar-refractivity contribution in [1.82, 2.24) is 20.3 Å². The van der Waals surface area contributed by atoms with E-state index >= 15 is 0 Å². The number of hydrogen-bond donors (Lipinski definition) is 3. The van der Waals surface area contributed by atoms with Crippen LogP contribution in [0.25, 0.3) is 10.9 Å². The third-order valence-electron chi connectivity index (χ3n) is 3.86. The molecule has 26 heavy (non-hydrogen) atoms. The minimum absolute atomic E-state index is 0.0344. The zero-order valence-electron chi connectivity index (χ0n) is 13.6. The van der Waals surface area contributed by atoms with Gasteiger partial charge in [-0.25, -0.2) is 4.98 Å². The number of aliphatic hydroxyl groups is 1. The Morgan fingerprint density at radius 1 is 1.38 bits per heavy atom. The first-order valence-corrected chi connectivity index (χ1v) is 8.10. The Bertz CT molecular complexity index is 941. The van der Waals surface area contributed by atoms with Crippen LogP contribution in [0.3, 0.4) is 0 Å². The zero-order valence-corrected chi connectivity index (χ0v) is 14.4. The van der Waals surface area contributed by atoms with Crippen LogP contribution in [0.1, 0.15) is 28.6 Å². The summed E-state index contributed by atoms with van der Waals surface area (Å²) in [5.74, 6) is 0. The zero-order chi connectivity index (χ0) is 18.9. The van der Waals surface area contributed by atoms with E-state index in [1.807, 2.05) is 0 Å². The average Bonchev–Trinajstić information content (AvgIpc) is 3.11. The van der Waals surface area contributed by atoms with Crippen molar-refractivity contribution in [2.45, 2.75) is 19.2 Å². The van der Waals surface area contributed by atoms with Crippen LogP contribution in [0.4, 0.5) is 13.2 Å². The molecule has 3 N–H and O–H groups in total. The van der Waals surface area contributed by atoms with Crippen LogP contribution in [0.2, 0.25) is 0 Å². The number of para-hydroxylation sites is 1. The van der Waals surface area contributed by atoms with Crippen molar-refractivity contribution in [3.05, 3.63) is 59.3 Å². The van der Waals surface area contributed by atoms with E-state index in [1.165, 1.54) is 24.7 Å². The number of nitrogens with zero attached hydrogens (tertiary/aromatic N) is 2. The molecule has 0 bridgehead atoms. The molecule has 9 heteroatoms. The summed E-state index contributed by atoms with van der Waals surface area (Å²) in [4.78, 5) is 11.1. The average molecular weight is 380 g/mol. The molecular formula is C17H15F3N4OS. The summed E-state index contributed by atoms with van der Waals surface area (Å²) in [6, 6.07) is 5.38. The van der Waals surface area contributed by atoms with E-state index in [2.05, 4.69) is 20.3 Å². The van der Waals surface area contributed by atoms with Gasteiger partial charge in [-0.2, -0.15) is 13.2 Å². The minimum atomic E-state index is -4.52. The first kappa shape index (κ1) is 18.3. The lowest BCUT2D eigenvalue weighted by molar-refractivity contribution is -0.136. The van der Waals surface area contributed by atoms with E-state index in [0.717, 1.165) is 6.07 Å². The van der Waals surface area contributed by atoms with Crippen molar-refractivity contribution in [3.8, 4) is 0 Å². The molecule has 5 nitrogen and oxygen atoms in total. The summed E-state index contributed by atoms with van der Waals surface area (Å²) >= 11 is 5.18. The molecule has 1 atom stereocenters. The molecule has 0 saturated heterocycles. The van der Waals surface area contributed by atoms with Crippen LogP contribution in [0.15, 0.2) is 36.8 Å². The molecule has 0 aliphatic carbocycles. The van der Waals surface area contributed by atoms with Crippen molar-refractivity contribution < 1.29 is 18.3 Å². The quantitative estimate of drug-likeness (QED) is 0.606. The van der Waals surface area contributed by atoms with Gasteiger partial charge < -0.3 is 15.4 Å². The van der Waals surface area contributed by atoms with Gasteiger partial charge in [0, 0.05) is 17.6 Å². The van der Waals surface area contributed by atoms with E-state index in [4.69, 9.17) is 12.2 Å². The van der Waals surface area contributed by atoms with Crippen LogP contribution >= 0.6 is 12.2 Å². The van der Waals surface area contributed by atoms with Gasteiger partial charge in [-0.1, -0.05) is 24.4 Å². The number of H-pyrrole nitrogens is 1. The highest BCUT2D eigenvalue weighted by atomic mass is 32.1. The highest BCUT2D eigenvalue weighted by Gasteiger charge is 2.33. The fourth-order valence-electron chi connectivity index (χ4n) is 2.69. The Morgan fingerprint density at radius 2 is 2.15 bits per heavy atom. The lowest BCUT2D eigenvalue weighted by Crippen LogP contribution is -2.28. The molecule has 0 amide bonds. The number of nitrogens with one attached hydrogen (secondary N) is 2. The largest absolute Gasteiger partial charge is 0.418 e. The van der Waals surface area contributed by atoms with Gasteiger partial charge in [0.15, 0.2) is 0 Å². The molecule has 3 aromatic rings. The third kappa shape index (κ3) is 3.68.